The number of amides is 3. The number of hydrogen-bond donors (Lipinski definition) is 3. The second-order valence-electron chi connectivity index (χ2n) is 7.08. The van der Waals surface area contributed by atoms with Crippen molar-refractivity contribution in [3.8, 4) is 11.5 Å². The van der Waals surface area contributed by atoms with E-state index in [1.54, 1.807) is 30.3 Å². The van der Waals surface area contributed by atoms with Gasteiger partial charge in [-0.1, -0.05) is 19.1 Å². The summed E-state index contributed by atoms with van der Waals surface area (Å²) >= 11 is 0. The van der Waals surface area contributed by atoms with Crippen molar-refractivity contribution in [1.29, 1.82) is 0 Å². The van der Waals surface area contributed by atoms with Crippen LogP contribution >= 0.6 is 0 Å². The number of benzene rings is 2. The highest BCUT2D eigenvalue weighted by Gasteiger charge is 2.12. The number of anilines is 1. The molecule has 0 aliphatic rings. The Hall–Kier alpha value is -3.22. The van der Waals surface area contributed by atoms with Gasteiger partial charge < -0.3 is 25.4 Å². The summed E-state index contributed by atoms with van der Waals surface area (Å²) in [6.07, 6.45) is 0.893. The first-order valence-electron chi connectivity index (χ1n) is 10.3. The first-order chi connectivity index (χ1) is 14.4. The number of nitrogens with one attached hydrogen (secondary N) is 3. The molecule has 3 amide bonds. The molecule has 2 rings (SSSR count). The van der Waals surface area contributed by atoms with Crippen LogP contribution in [0.5, 0.6) is 11.5 Å². The van der Waals surface area contributed by atoms with Gasteiger partial charge in [-0.05, 0) is 63.1 Å². The molecule has 2 aromatic rings. The van der Waals surface area contributed by atoms with Crippen LogP contribution in [-0.2, 0) is 6.54 Å². The maximum atomic E-state index is 12.5. The molecule has 0 radical (unpaired) electrons. The van der Waals surface area contributed by atoms with Gasteiger partial charge in [0.2, 0.25) is 0 Å². The lowest BCUT2D eigenvalue weighted by Crippen LogP contribution is -2.34. The van der Waals surface area contributed by atoms with Crippen LogP contribution in [0.4, 0.5) is 10.5 Å². The molecule has 0 spiro atoms. The molecule has 30 heavy (non-hydrogen) atoms. The van der Waals surface area contributed by atoms with Gasteiger partial charge in [-0.3, -0.25) is 4.79 Å². The Morgan fingerprint density at radius 1 is 0.967 bits per heavy atom. The van der Waals surface area contributed by atoms with Crippen molar-refractivity contribution in [2.45, 2.75) is 46.7 Å². The number of rotatable bonds is 10. The molecule has 0 aliphatic carbocycles. The molecule has 0 aromatic heterocycles. The smallest absolute Gasteiger partial charge is 0.319 e. The van der Waals surface area contributed by atoms with Crippen LogP contribution in [0.15, 0.2) is 42.5 Å². The van der Waals surface area contributed by atoms with Gasteiger partial charge in [0.05, 0.1) is 13.2 Å². The van der Waals surface area contributed by atoms with Crippen LogP contribution in [0.1, 0.15) is 50.0 Å². The standard InChI is InChI=1S/C23H31N3O4/c1-5-13-30-20-12-9-18(14-21(20)29-6-2)22(27)24-15-17-7-10-19(11-8-17)26-23(28)25-16(3)4/h7-12,14,16H,5-6,13,15H2,1-4H3,(H,24,27)(H2,25,26,28). The van der Waals surface area contributed by atoms with E-state index in [9.17, 15) is 9.59 Å². The zero-order valence-electron chi connectivity index (χ0n) is 18.1. The van der Waals surface area contributed by atoms with Gasteiger partial charge in [0.25, 0.3) is 5.91 Å². The highest BCUT2D eigenvalue weighted by molar-refractivity contribution is 5.95. The molecule has 2 aromatic carbocycles. The minimum absolute atomic E-state index is 0.0648. The topological polar surface area (TPSA) is 88.7 Å². The minimum atomic E-state index is -0.248. The van der Waals surface area contributed by atoms with E-state index in [1.165, 1.54) is 0 Å². The largest absolute Gasteiger partial charge is 0.490 e. The van der Waals surface area contributed by atoms with Gasteiger partial charge in [0.1, 0.15) is 0 Å². The second-order valence-corrected chi connectivity index (χ2v) is 7.08. The summed E-state index contributed by atoms with van der Waals surface area (Å²) in [5.74, 6) is 1.00. The zero-order chi connectivity index (χ0) is 21.9. The third-order valence-electron chi connectivity index (χ3n) is 4.05. The Bertz CT molecular complexity index is 835. The molecule has 7 nitrogen and oxygen atoms in total. The van der Waals surface area contributed by atoms with Crippen molar-refractivity contribution in [2.24, 2.45) is 0 Å². The van der Waals surface area contributed by atoms with E-state index in [4.69, 9.17) is 9.47 Å². The molecule has 0 heterocycles. The second kappa shape index (κ2) is 11.7. The molecular weight excluding hydrogens is 382 g/mol. The van der Waals surface area contributed by atoms with E-state index in [-0.39, 0.29) is 18.0 Å². The summed E-state index contributed by atoms with van der Waals surface area (Å²) in [6.45, 7) is 9.17. The highest BCUT2D eigenvalue weighted by atomic mass is 16.5. The number of carbonyl (C=O) groups excluding carboxylic acids is 2. The number of hydrogen-bond acceptors (Lipinski definition) is 4. The molecule has 0 saturated carbocycles. The average molecular weight is 414 g/mol. The van der Waals surface area contributed by atoms with Crippen LogP contribution < -0.4 is 25.4 Å². The first kappa shape index (κ1) is 23.1. The maximum absolute atomic E-state index is 12.5. The summed E-state index contributed by atoms with van der Waals surface area (Å²) in [7, 11) is 0. The van der Waals surface area contributed by atoms with Gasteiger partial charge in [-0.15, -0.1) is 0 Å². The van der Waals surface area contributed by atoms with Crippen LogP contribution in [-0.4, -0.2) is 31.2 Å². The number of ether oxygens (including phenoxy) is 2. The Balaban J connectivity index is 1.94. The van der Waals surface area contributed by atoms with E-state index in [0.717, 1.165) is 12.0 Å². The maximum Gasteiger partial charge on any atom is 0.319 e. The Morgan fingerprint density at radius 3 is 2.33 bits per heavy atom. The van der Waals surface area contributed by atoms with E-state index < -0.39 is 0 Å². The minimum Gasteiger partial charge on any atom is -0.490 e. The molecular formula is C23H31N3O4. The van der Waals surface area contributed by atoms with E-state index in [0.29, 0.717) is 42.5 Å². The third kappa shape index (κ3) is 7.31. The summed E-state index contributed by atoms with van der Waals surface area (Å²) < 4.78 is 11.3. The Kier molecular flexibility index (Phi) is 9.00. The monoisotopic (exact) mass is 413 g/mol. The zero-order valence-corrected chi connectivity index (χ0v) is 18.1. The summed E-state index contributed by atoms with van der Waals surface area (Å²) in [6, 6.07) is 12.3. The molecule has 0 fully saturated rings. The molecule has 162 valence electrons. The normalized spacial score (nSPS) is 10.4. The van der Waals surface area contributed by atoms with E-state index in [2.05, 4.69) is 16.0 Å². The lowest BCUT2D eigenvalue weighted by molar-refractivity contribution is 0.0950. The molecule has 0 saturated heterocycles. The number of carbonyl (C=O) groups is 2. The van der Waals surface area contributed by atoms with Crippen LogP contribution in [0.25, 0.3) is 0 Å². The summed E-state index contributed by atoms with van der Waals surface area (Å²) in [5, 5.41) is 8.43. The fourth-order valence-electron chi connectivity index (χ4n) is 2.67. The fraction of sp³-hybridized carbons (Fsp3) is 0.391. The van der Waals surface area contributed by atoms with Gasteiger partial charge in [-0.2, -0.15) is 0 Å². The van der Waals surface area contributed by atoms with Crippen molar-refractivity contribution < 1.29 is 19.1 Å². The Labute approximate surface area is 178 Å². The van der Waals surface area contributed by atoms with Crippen LogP contribution in [0.2, 0.25) is 0 Å². The van der Waals surface area contributed by atoms with E-state index >= 15 is 0 Å². The van der Waals surface area contributed by atoms with Gasteiger partial charge in [-0.25, -0.2) is 4.79 Å². The molecule has 7 heteroatoms. The highest BCUT2D eigenvalue weighted by Crippen LogP contribution is 2.28. The van der Waals surface area contributed by atoms with Gasteiger partial charge in [0.15, 0.2) is 11.5 Å². The molecule has 0 aliphatic heterocycles. The van der Waals surface area contributed by atoms with Crippen molar-refractivity contribution in [3.05, 3.63) is 53.6 Å². The van der Waals surface area contributed by atoms with Crippen LogP contribution in [0, 0.1) is 0 Å². The SMILES string of the molecule is CCCOc1ccc(C(=O)NCc2ccc(NC(=O)NC(C)C)cc2)cc1OCC. The lowest BCUT2D eigenvalue weighted by atomic mass is 10.1. The molecule has 0 unspecified atom stereocenters. The average Bonchev–Trinajstić information content (AvgIpc) is 2.71. The van der Waals surface area contributed by atoms with Crippen molar-refractivity contribution >= 4 is 17.6 Å². The van der Waals surface area contributed by atoms with E-state index in [1.807, 2.05) is 39.8 Å². The predicted octanol–water partition coefficient (Wildman–Crippen LogP) is 4.33. The predicted molar refractivity (Wildman–Crippen MR) is 118 cm³/mol. The fourth-order valence-corrected chi connectivity index (χ4v) is 2.67. The van der Waals surface area contributed by atoms with Gasteiger partial charge >= 0.3 is 6.03 Å². The van der Waals surface area contributed by atoms with Gasteiger partial charge in [0, 0.05) is 23.8 Å². The molecule has 0 atom stereocenters. The molecule has 0 bridgehead atoms. The Morgan fingerprint density at radius 2 is 1.70 bits per heavy atom. The summed E-state index contributed by atoms with van der Waals surface area (Å²) in [5.41, 5.74) is 2.12. The van der Waals surface area contributed by atoms with Crippen molar-refractivity contribution in [3.63, 3.8) is 0 Å². The quantitative estimate of drug-likeness (QED) is 0.541. The lowest BCUT2D eigenvalue weighted by Gasteiger charge is -2.13. The van der Waals surface area contributed by atoms with Crippen molar-refractivity contribution in [1.82, 2.24) is 10.6 Å². The summed E-state index contributed by atoms with van der Waals surface area (Å²) in [4.78, 5) is 24.3. The molecule has 3 N–H and O–H groups in total. The van der Waals surface area contributed by atoms with Crippen LogP contribution in [0.3, 0.4) is 0 Å². The first-order valence-corrected chi connectivity index (χ1v) is 10.3. The third-order valence-corrected chi connectivity index (χ3v) is 4.05. The number of urea groups is 1. The van der Waals surface area contributed by atoms with Crippen molar-refractivity contribution in [2.75, 3.05) is 18.5 Å².